The maximum absolute atomic E-state index is 13.1. The van der Waals surface area contributed by atoms with Crippen molar-refractivity contribution in [1.82, 2.24) is 9.97 Å². The van der Waals surface area contributed by atoms with Gasteiger partial charge in [0.2, 0.25) is 5.88 Å². The molecule has 1 aromatic heterocycles. The first-order chi connectivity index (χ1) is 17.5. The molecule has 0 saturated carbocycles. The maximum atomic E-state index is 13.1. The van der Waals surface area contributed by atoms with Crippen molar-refractivity contribution in [1.29, 1.82) is 0 Å². The Balaban J connectivity index is 1.41. The van der Waals surface area contributed by atoms with Crippen LogP contribution in [0.3, 0.4) is 0 Å². The van der Waals surface area contributed by atoms with E-state index < -0.39 is 0 Å². The van der Waals surface area contributed by atoms with Gasteiger partial charge in [0.1, 0.15) is 12.1 Å². The zero-order valence-corrected chi connectivity index (χ0v) is 20.8. The largest absolute Gasteiger partial charge is 0.493 e. The number of benzene rings is 3. The van der Waals surface area contributed by atoms with Gasteiger partial charge in [0, 0.05) is 24.0 Å². The van der Waals surface area contributed by atoms with Crippen LogP contribution in [-0.2, 0) is 6.42 Å². The van der Waals surface area contributed by atoms with E-state index in [0.717, 1.165) is 40.9 Å². The number of ether oxygens (including phenoxy) is 3. The number of hydrogen-bond donors (Lipinski definition) is 1. The van der Waals surface area contributed by atoms with E-state index in [1.165, 1.54) is 6.33 Å². The molecule has 1 aliphatic heterocycles. The monoisotopic (exact) mass is 484 g/mol. The highest BCUT2D eigenvalue weighted by molar-refractivity contribution is 6.03. The molecule has 36 heavy (non-hydrogen) atoms. The lowest BCUT2D eigenvalue weighted by Gasteiger charge is -2.30. The molecule has 0 unspecified atom stereocenters. The van der Waals surface area contributed by atoms with E-state index in [9.17, 15) is 4.79 Å². The molecule has 8 nitrogen and oxygen atoms in total. The molecule has 1 N–H and O–H groups in total. The molecule has 8 heteroatoms. The van der Waals surface area contributed by atoms with E-state index in [-0.39, 0.29) is 6.03 Å². The number of nitrogens with zero attached hydrogens (tertiary/aromatic N) is 3. The minimum absolute atomic E-state index is 0.139. The molecule has 2 heterocycles. The summed E-state index contributed by atoms with van der Waals surface area (Å²) in [6, 6.07) is 15.2. The number of carbonyl (C=O) groups is 1. The molecule has 0 radical (unpaired) electrons. The Morgan fingerprint density at radius 2 is 1.78 bits per heavy atom. The van der Waals surface area contributed by atoms with Crippen LogP contribution < -0.4 is 24.4 Å². The fourth-order valence-corrected chi connectivity index (χ4v) is 4.54. The molecule has 4 aromatic rings. The minimum atomic E-state index is -0.139. The summed E-state index contributed by atoms with van der Waals surface area (Å²) in [5.74, 6) is 2.21. The summed E-state index contributed by atoms with van der Waals surface area (Å²) in [4.78, 5) is 23.6. The van der Waals surface area contributed by atoms with Gasteiger partial charge in [-0.25, -0.2) is 14.8 Å². The molecule has 0 aliphatic carbocycles. The third-order valence-corrected chi connectivity index (χ3v) is 6.36. The Hall–Kier alpha value is -4.33. The fourth-order valence-electron chi connectivity index (χ4n) is 4.54. The van der Waals surface area contributed by atoms with Crippen molar-refractivity contribution < 1.29 is 19.0 Å². The van der Waals surface area contributed by atoms with Crippen LogP contribution in [0.15, 0.2) is 54.9 Å². The van der Waals surface area contributed by atoms with Crippen LogP contribution >= 0.6 is 0 Å². The normalized spacial score (nSPS) is 12.7. The first-order valence-corrected chi connectivity index (χ1v) is 11.8. The minimum Gasteiger partial charge on any atom is -0.493 e. The molecular formula is C28H28N4O4. The predicted molar refractivity (Wildman–Crippen MR) is 140 cm³/mol. The van der Waals surface area contributed by atoms with Crippen LogP contribution in [-0.4, -0.2) is 36.8 Å². The molecule has 2 amide bonds. The highest BCUT2D eigenvalue weighted by Crippen LogP contribution is 2.37. The van der Waals surface area contributed by atoms with Crippen LogP contribution in [0.2, 0.25) is 0 Å². The second-order valence-electron chi connectivity index (χ2n) is 8.80. The van der Waals surface area contributed by atoms with Gasteiger partial charge in [0.15, 0.2) is 11.5 Å². The predicted octanol–water partition coefficient (Wildman–Crippen LogP) is 6.04. The number of rotatable bonds is 5. The molecule has 0 saturated heterocycles. The zero-order valence-electron chi connectivity index (χ0n) is 20.8. The molecular weight excluding hydrogens is 456 g/mol. The number of hydrogen-bond acceptors (Lipinski definition) is 6. The van der Waals surface area contributed by atoms with Crippen molar-refractivity contribution >= 4 is 28.3 Å². The third-order valence-electron chi connectivity index (χ3n) is 6.36. The van der Waals surface area contributed by atoms with Gasteiger partial charge in [-0.3, -0.25) is 4.90 Å². The molecule has 0 atom stereocenters. The Kier molecular flexibility index (Phi) is 6.33. The smallest absolute Gasteiger partial charge is 0.326 e. The molecule has 184 valence electrons. The van der Waals surface area contributed by atoms with Gasteiger partial charge in [0.25, 0.3) is 0 Å². The van der Waals surface area contributed by atoms with Crippen LogP contribution in [0.1, 0.15) is 23.1 Å². The summed E-state index contributed by atoms with van der Waals surface area (Å²) in [7, 11) is 3.17. The second-order valence-corrected chi connectivity index (χ2v) is 8.80. The fraction of sp³-hybridized carbons (Fsp3) is 0.250. The van der Waals surface area contributed by atoms with Crippen molar-refractivity contribution in [3.63, 3.8) is 0 Å². The summed E-state index contributed by atoms with van der Waals surface area (Å²) in [5.41, 5.74) is 5.64. The average Bonchev–Trinajstić information content (AvgIpc) is 2.89. The number of aromatic nitrogens is 2. The Morgan fingerprint density at radius 1 is 0.972 bits per heavy atom. The van der Waals surface area contributed by atoms with Crippen LogP contribution in [0.25, 0.3) is 10.9 Å². The van der Waals surface area contributed by atoms with Crippen molar-refractivity contribution in [2.75, 3.05) is 31.0 Å². The average molecular weight is 485 g/mol. The third kappa shape index (κ3) is 4.49. The van der Waals surface area contributed by atoms with E-state index in [1.807, 2.05) is 44.2 Å². The first kappa shape index (κ1) is 23.4. The number of fused-ring (bicyclic) bond motifs is 2. The summed E-state index contributed by atoms with van der Waals surface area (Å²) < 4.78 is 17.0. The quantitative estimate of drug-likeness (QED) is 0.372. The Bertz CT molecular complexity index is 1450. The summed E-state index contributed by atoms with van der Waals surface area (Å²) in [5, 5.41) is 3.77. The van der Waals surface area contributed by atoms with E-state index in [0.29, 0.717) is 40.6 Å². The van der Waals surface area contributed by atoms with Crippen LogP contribution in [0.4, 0.5) is 16.2 Å². The summed E-state index contributed by atoms with van der Waals surface area (Å²) in [6.45, 7) is 4.69. The molecule has 1 aliphatic rings. The topological polar surface area (TPSA) is 85.8 Å². The standard InChI is InChI=1S/C28H28N4O4/c1-17-7-9-22(18(2)12-17)31-28(33)32-11-5-6-19-13-20(8-10-24(19)32)36-27-21-14-25(34-3)26(35-4)15-23(21)29-16-30-27/h7-10,12-16H,5-6,11H2,1-4H3,(H,31,33). The zero-order chi connectivity index (χ0) is 25.2. The number of urea groups is 1. The van der Waals surface area contributed by atoms with Gasteiger partial charge >= 0.3 is 6.03 Å². The molecule has 3 aromatic carbocycles. The number of anilines is 2. The number of methoxy groups -OCH3 is 2. The number of carbonyl (C=O) groups excluding carboxylic acids is 1. The second kappa shape index (κ2) is 9.73. The van der Waals surface area contributed by atoms with Crippen LogP contribution in [0, 0.1) is 13.8 Å². The SMILES string of the molecule is COc1cc2ncnc(Oc3ccc4c(c3)CCCN4C(=O)Nc3ccc(C)cc3C)c2cc1OC. The highest BCUT2D eigenvalue weighted by Gasteiger charge is 2.24. The van der Waals surface area contributed by atoms with E-state index >= 15 is 0 Å². The summed E-state index contributed by atoms with van der Waals surface area (Å²) in [6.07, 6.45) is 3.18. The lowest BCUT2D eigenvalue weighted by molar-refractivity contribution is 0.256. The van der Waals surface area contributed by atoms with Gasteiger partial charge in [-0.1, -0.05) is 17.7 Å². The molecule has 0 bridgehead atoms. The van der Waals surface area contributed by atoms with Gasteiger partial charge < -0.3 is 19.5 Å². The molecule has 5 rings (SSSR count). The van der Waals surface area contributed by atoms with Crippen molar-refractivity contribution in [3.8, 4) is 23.1 Å². The first-order valence-electron chi connectivity index (χ1n) is 11.8. The summed E-state index contributed by atoms with van der Waals surface area (Å²) >= 11 is 0. The number of nitrogens with one attached hydrogen (secondary N) is 1. The van der Waals surface area contributed by atoms with Crippen molar-refractivity contribution in [2.45, 2.75) is 26.7 Å². The number of amides is 2. The van der Waals surface area contributed by atoms with E-state index in [1.54, 1.807) is 31.3 Å². The Morgan fingerprint density at radius 3 is 2.56 bits per heavy atom. The van der Waals surface area contributed by atoms with Gasteiger partial charge in [0.05, 0.1) is 25.1 Å². The van der Waals surface area contributed by atoms with Gasteiger partial charge in [-0.2, -0.15) is 0 Å². The molecule has 0 spiro atoms. The maximum Gasteiger partial charge on any atom is 0.326 e. The molecule has 0 fully saturated rings. The Labute approximate surface area is 209 Å². The number of aryl methyl sites for hydroxylation is 3. The lowest BCUT2D eigenvalue weighted by Crippen LogP contribution is -2.38. The van der Waals surface area contributed by atoms with E-state index in [2.05, 4.69) is 21.4 Å². The van der Waals surface area contributed by atoms with Gasteiger partial charge in [-0.15, -0.1) is 0 Å². The van der Waals surface area contributed by atoms with Crippen molar-refractivity contribution in [3.05, 3.63) is 71.5 Å². The lowest BCUT2D eigenvalue weighted by atomic mass is 10.0. The highest BCUT2D eigenvalue weighted by atomic mass is 16.5. The van der Waals surface area contributed by atoms with Crippen LogP contribution in [0.5, 0.6) is 23.1 Å². The van der Waals surface area contributed by atoms with Crippen molar-refractivity contribution in [2.24, 2.45) is 0 Å². The van der Waals surface area contributed by atoms with Gasteiger partial charge in [-0.05, 0) is 68.1 Å². The van der Waals surface area contributed by atoms with E-state index in [4.69, 9.17) is 14.2 Å².